The molecule has 6 heteroatoms. The number of piperidine rings is 1. The Morgan fingerprint density at radius 3 is 2.89 bits per heavy atom. The Hall–Kier alpha value is -2.31. The molecule has 0 radical (unpaired) electrons. The number of hydrogen-bond donors (Lipinski definition) is 1. The second kappa shape index (κ2) is 8.80. The molecule has 2 aliphatic rings. The van der Waals surface area contributed by atoms with Crippen LogP contribution in [0.4, 0.5) is 0 Å². The van der Waals surface area contributed by atoms with Gasteiger partial charge in [0.15, 0.2) is 0 Å². The number of amides is 1. The van der Waals surface area contributed by atoms with E-state index in [1.54, 1.807) is 0 Å². The van der Waals surface area contributed by atoms with Crippen molar-refractivity contribution in [1.82, 2.24) is 20.2 Å². The Morgan fingerprint density at radius 1 is 1.29 bits per heavy atom. The minimum absolute atomic E-state index is 0.0617. The summed E-state index contributed by atoms with van der Waals surface area (Å²) in [5.41, 5.74) is 3.95. The van der Waals surface area contributed by atoms with Gasteiger partial charge >= 0.3 is 0 Å². The third kappa shape index (κ3) is 4.23. The molecule has 28 heavy (non-hydrogen) atoms. The largest absolute Gasteiger partial charge is 0.377 e. The predicted octanol–water partition coefficient (Wildman–Crippen LogP) is 3.03. The highest BCUT2D eigenvalue weighted by atomic mass is 16.5. The van der Waals surface area contributed by atoms with Crippen LogP contribution in [0.1, 0.15) is 65.2 Å². The Kier molecular flexibility index (Phi) is 5.98. The zero-order chi connectivity index (χ0) is 19.3. The average Bonchev–Trinajstić information content (AvgIpc) is 2.77. The van der Waals surface area contributed by atoms with Gasteiger partial charge in [-0.05, 0) is 44.0 Å². The number of fused-ring (bicyclic) bond motifs is 1. The van der Waals surface area contributed by atoms with Crippen molar-refractivity contribution < 1.29 is 9.53 Å². The number of benzene rings is 1. The normalized spacial score (nSPS) is 19.3. The lowest BCUT2D eigenvalue weighted by Crippen LogP contribution is -2.37. The molecule has 2 aromatic rings. The van der Waals surface area contributed by atoms with E-state index in [1.165, 1.54) is 12.8 Å². The Bertz CT molecular complexity index is 816. The molecular weight excluding hydrogens is 352 g/mol. The zero-order valence-electron chi connectivity index (χ0n) is 16.5. The van der Waals surface area contributed by atoms with Crippen molar-refractivity contribution in [2.24, 2.45) is 0 Å². The molecule has 1 amide bonds. The van der Waals surface area contributed by atoms with Crippen LogP contribution in [0.25, 0.3) is 0 Å². The topological polar surface area (TPSA) is 67.3 Å². The second-order valence-electron chi connectivity index (χ2n) is 7.51. The van der Waals surface area contributed by atoms with Crippen LogP contribution in [-0.2, 0) is 24.3 Å². The zero-order valence-corrected chi connectivity index (χ0v) is 16.5. The number of ether oxygens (including phenoxy) is 1. The first-order chi connectivity index (χ1) is 13.7. The summed E-state index contributed by atoms with van der Waals surface area (Å²) >= 11 is 0. The van der Waals surface area contributed by atoms with Crippen molar-refractivity contribution >= 4 is 5.91 Å². The van der Waals surface area contributed by atoms with Crippen LogP contribution >= 0.6 is 0 Å². The average molecular weight is 380 g/mol. The second-order valence-corrected chi connectivity index (χ2v) is 7.51. The van der Waals surface area contributed by atoms with Crippen molar-refractivity contribution in [2.45, 2.75) is 51.8 Å². The summed E-state index contributed by atoms with van der Waals surface area (Å²) in [6.07, 6.45) is 6.25. The van der Waals surface area contributed by atoms with Crippen molar-refractivity contribution in [1.29, 1.82) is 0 Å². The molecule has 6 nitrogen and oxygen atoms in total. The molecule has 1 aromatic heterocycles. The van der Waals surface area contributed by atoms with Crippen LogP contribution in [0.5, 0.6) is 0 Å². The van der Waals surface area contributed by atoms with Gasteiger partial charge in [0, 0.05) is 43.4 Å². The number of hydrogen-bond acceptors (Lipinski definition) is 5. The van der Waals surface area contributed by atoms with Gasteiger partial charge in [0.25, 0.3) is 5.91 Å². The minimum Gasteiger partial charge on any atom is -0.377 e. The molecule has 0 spiro atoms. The molecule has 2 aliphatic heterocycles. The lowest BCUT2D eigenvalue weighted by atomic mass is 10.0. The molecule has 1 N–H and O–H groups in total. The third-order valence-corrected chi connectivity index (χ3v) is 5.54. The van der Waals surface area contributed by atoms with Gasteiger partial charge in [0.05, 0.1) is 18.3 Å². The smallest absolute Gasteiger partial charge is 0.254 e. The molecule has 0 saturated carbocycles. The molecule has 0 bridgehead atoms. The minimum atomic E-state index is 0.0617. The maximum Gasteiger partial charge on any atom is 0.254 e. The van der Waals surface area contributed by atoms with Crippen molar-refractivity contribution in [3.63, 3.8) is 0 Å². The monoisotopic (exact) mass is 380 g/mol. The van der Waals surface area contributed by atoms with Crippen molar-refractivity contribution in [2.75, 3.05) is 19.7 Å². The van der Waals surface area contributed by atoms with E-state index in [0.29, 0.717) is 31.9 Å². The third-order valence-electron chi connectivity index (χ3n) is 5.54. The van der Waals surface area contributed by atoms with Crippen LogP contribution < -0.4 is 5.32 Å². The van der Waals surface area contributed by atoms with Gasteiger partial charge in [0.1, 0.15) is 5.82 Å². The SMILES string of the molecule is CCOCc1ccc(C(=O)N2CCc3nc(C4CCCCN4)ncc3C2)cc1. The summed E-state index contributed by atoms with van der Waals surface area (Å²) in [6, 6.07) is 7.98. The highest BCUT2D eigenvalue weighted by Gasteiger charge is 2.25. The predicted molar refractivity (Wildman–Crippen MR) is 107 cm³/mol. The summed E-state index contributed by atoms with van der Waals surface area (Å²) in [6.45, 7) is 5.56. The number of nitrogens with zero attached hydrogens (tertiary/aromatic N) is 3. The molecule has 3 heterocycles. The quantitative estimate of drug-likeness (QED) is 0.864. The van der Waals surface area contributed by atoms with Crippen LogP contribution in [0, 0.1) is 0 Å². The molecule has 1 saturated heterocycles. The van der Waals surface area contributed by atoms with E-state index >= 15 is 0 Å². The summed E-state index contributed by atoms with van der Waals surface area (Å²) in [4.78, 5) is 24.2. The molecule has 1 unspecified atom stereocenters. The highest BCUT2D eigenvalue weighted by molar-refractivity contribution is 5.94. The fourth-order valence-corrected chi connectivity index (χ4v) is 3.89. The van der Waals surface area contributed by atoms with Crippen molar-refractivity contribution in [3.8, 4) is 0 Å². The maximum absolute atomic E-state index is 12.9. The first-order valence-electron chi connectivity index (χ1n) is 10.3. The van der Waals surface area contributed by atoms with E-state index in [4.69, 9.17) is 9.72 Å². The number of nitrogens with one attached hydrogen (secondary N) is 1. The molecule has 1 atom stereocenters. The van der Waals surface area contributed by atoms with Gasteiger partial charge in [-0.2, -0.15) is 0 Å². The molecule has 4 rings (SSSR count). The van der Waals surface area contributed by atoms with E-state index < -0.39 is 0 Å². The van der Waals surface area contributed by atoms with E-state index in [1.807, 2.05) is 42.3 Å². The van der Waals surface area contributed by atoms with Crippen LogP contribution in [0.2, 0.25) is 0 Å². The molecule has 148 valence electrons. The molecular formula is C22H28N4O2. The summed E-state index contributed by atoms with van der Waals surface area (Å²) < 4.78 is 5.41. The van der Waals surface area contributed by atoms with Gasteiger partial charge in [-0.25, -0.2) is 9.97 Å². The van der Waals surface area contributed by atoms with Crippen LogP contribution in [0.3, 0.4) is 0 Å². The van der Waals surface area contributed by atoms with Gasteiger partial charge in [-0.1, -0.05) is 18.6 Å². The highest BCUT2D eigenvalue weighted by Crippen LogP contribution is 2.24. The van der Waals surface area contributed by atoms with Gasteiger partial charge in [-0.15, -0.1) is 0 Å². The summed E-state index contributed by atoms with van der Waals surface area (Å²) in [5, 5.41) is 3.51. The number of aromatic nitrogens is 2. The van der Waals surface area contributed by atoms with E-state index in [9.17, 15) is 4.79 Å². The van der Waals surface area contributed by atoms with Crippen LogP contribution in [0.15, 0.2) is 30.5 Å². The van der Waals surface area contributed by atoms with Gasteiger partial charge < -0.3 is 15.0 Å². The lowest BCUT2D eigenvalue weighted by molar-refractivity contribution is 0.0733. The summed E-state index contributed by atoms with van der Waals surface area (Å²) in [7, 11) is 0. The van der Waals surface area contributed by atoms with Crippen LogP contribution in [-0.4, -0.2) is 40.5 Å². The summed E-state index contributed by atoms with van der Waals surface area (Å²) in [5.74, 6) is 0.967. The molecule has 1 aromatic carbocycles. The van der Waals surface area contributed by atoms with E-state index in [2.05, 4.69) is 10.3 Å². The first kappa shape index (κ1) is 19.0. The number of carbonyl (C=O) groups excluding carboxylic acids is 1. The molecule has 1 fully saturated rings. The van der Waals surface area contributed by atoms with Gasteiger partial charge in [-0.3, -0.25) is 4.79 Å². The van der Waals surface area contributed by atoms with Crippen molar-refractivity contribution in [3.05, 3.63) is 58.7 Å². The van der Waals surface area contributed by atoms with Gasteiger partial charge in [0.2, 0.25) is 0 Å². The lowest BCUT2D eigenvalue weighted by Gasteiger charge is -2.29. The van der Waals surface area contributed by atoms with E-state index in [0.717, 1.165) is 42.0 Å². The maximum atomic E-state index is 12.9. The molecule has 0 aliphatic carbocycles. The Morgan fingerprint density at radius 2 is 2.14 bits per heavy atom. The fraction of sp³-hybridized carbons (Fsp3) is 0.500. The number of carbonyl (C=O) groups is 1. The Labute approximate surface area is 166 Å². The standard InChI is InChI=1S/C22H28N4O2/c1-2-28-15-16-6-8-17(9-7-16)22(27)26-12-10-19-18(14-26)13-24-21(25-19)20-5-3-4-11-23-20/h6-9,13,20,23H,2-5,10-12,14-15H2,1H3. The number of rotatable bonds is 5. The Balaban J connectivity index is 1.42. The fourth-order valence-electron chi connectivity index (χ4n) is 3.89. The van der Waals surface area contributed by atoms with E-state index in [-0.39, 0.29) is 11.9 Å². The first-order valence-corrected chi connectivity index (χ1v) is 10.3.